The number of nitrogens with zero attached hydrogens (tertiary/aromatic N) is 4. The molecule has 3 aromatic rings. The molecule has 0 spiro atoms. The Kier molecular flexibility index (Phi) is 4.76. The van der Waals surface area contributed by atoms with Gasteiger partial charge in [0, 0.05) is 49.5 Å². The molecule has 2 aliphatic rings. The summed E-state index contributed by atoms with van der Waals surface area (Å²) < 4.78 is 13.2. The van der Waals surface area contributed by atoms with E-state index in [9.17, 15) is 4.39 Å². The molecule has 5 rings (SSSR count). The summed E-state index contributed by atoms with van der Waals surface area (Å²) in [4.78, 5) is 14.2. The lowest BCUT2D eigenvalue weighted by Crippen LogP contribution is -2.46. The SMILES string of the molecule is Fc1ccc(N2CCN(c3cc(NC4CC4)nc(-c4ccccc4)n3)CC2)cc1. The second-order valence-electron chi connectivity index (χ2n) is 7.67. The summed E-state index contributed by atoms with van der Waals surface area (Å²) in [5.41, 5.74) is 2.09. The van der Waals surface area contributed by atoms with Crippen molar-refractivity contribution in [3.63, 3.8) is 0 Å². The number of rotatable bonds is 5. The first-order valence-corrected chi connectivity index (χ1v) is 10.2. The van der Waals surface area contributed by atoms with E-state index in [1.54, 1.807) is 0 Å². The standard InChI is InChI=1S/C23H24FN5/c24-18-6-10-20(11-7-18)28-12-14-29(15-13-28)22-16-21(25-19-8-9-19)26-23(27-22)17-4-2-1-3-5-17/h1-7,10-11,16,19H,8-9,12-15H2,(H,25,26,27). The molecule has 1 aliphatic heterocycles. The van der Waals surface area contributed by atoms with E-state index in [2.05, 4.69) is 21.2 Å². The fourth-order valence-corrected chi connectivity index (χ4v) is 3.67. The normalized spacial score (nSPS) is 16.7. The van der Waals surface area contributed by atoms with Crippen LogP contribution in [0.4, 0.5) is 21.7 Å². The van der Waals surface area contributed by atoms with Crippen LogP contribution in [0, 0.1) is 5.82 Å². The highest BCUT2D eigenvalue weighted by Gasteiger charge is 2.24. The highest BCUT2D eigenvalue weighted by molar-refractivity contribution is 5.62. The molecule has 2 heterocycles. The third-order valence-corrected chi connectivity index (χ3v) is 5.47. The van der Waals surface area contributed by atoms with Crippen molar-refractivity contribution in [2.75, 3.05) is 41.3 Å². The largest absolute Gasteiger partial charge is 0.368 e. The Labute approximate surface area is 170 Å². The number of anilines is 3. The predicted octanol–water partition coefficient (Wildman–Crippen LogP) is 4.18. The lowest BCUT2D eigenvalue weighted by molar-refractivity contribution is 0.624. The van der Waals surface area contributed by atoms with Crippen LogP contribution in [0.1, 0.15) is 12.8 Å². The van der Waals surface area contributed by atoms with Crippen molar-refractivity contribution < 1.29 is 4.39 Å². The van der Waals surface area contributed by atoms with E-state index in [4.69, 9.17) is 9.97 Å². The van der Waals surface area contributed by atoms with Crippen molar-refractivity contribution >= 4 is 17.3 Å². The molecule has 0 bridgehead atoms. The molecule has 0 unspecified atom stereocenters. The lowest BCUT2D eigenvalue weighted by atomic mass is 10.2. The second kappa shape index (κ2) is 7.70. The van der Waals surface area contributed by atoms with E-state index in [0.717, 1.165) is 54.9 Å². The maximum Gasteiger partial charge on any atom is 0.163 e. The minimum Gasteiger partial charge on any atom is -0.368 e. The summed E-state index contributed by atoms with van der Waals surface area (Å²) in [6.45, 7) is 3.49. The molecule has 0 atom stereocenters. The Morgan fingerprint density at radius 1 is 0.828 bits per heavy atom. The zero-order valence-corrected chi connectivity index (χ0v) is 16.3. The van der Waals surface area contributed by atoms with Gasteiger partial charge in [0.1, 0.15) is 17.5 Å². The molecule has 2 aromatic carbocycles. The predicted molar refractivity (Wildman–Crippen MR) is 115 cm³/mol. The summed E-state index contributed by atoms with van der Waals surface area (Å²) in [6.07, 6.45) is 2.41. The average molecular weight is 389 g/mol. The van der Waals surface area contributed by atoms with E-state index in [0.29, 0.717) is 6.04 Å². The third kappa shape index (κ3) is 4.16. The zero-order valence-electron chi connectivity index (χ0n) is 16.3. The average Bonchev–Trinajstić information content (AvgIpc) is 3.59. The Balaban J connectivity index is 1.36. The van der Waals surface area contributed by atoms with Crippen LogP contribution in [0.15, 0.2) is 60.7 Å². The molecule has 0 radical (unpaired) electrons. The van der Waals surface area contributed by atoms with Gasteiger partial charge in [0.2, 0.25) is 0 Å². The number of benzene rings is 2. The number of halogens is 1. The first-order chi connectivity index (χ1) is 14.2. The van der Waals surface area contributed by atoms with Gasteiger partial charge in [-0.1, -0.05) is 30.3 Å². The van der Waals surface area contributed by atoms with Crippen molar-refractivity contribution in [3.05, 3.63) is 66.5 Å². The van der Waals surface area contributed by atoms with Gasteiger partial charge >= 0.3 is 0 Å². The Hall–Kier alpha value is -3.15. The lowest BCUT2D eigenvalue weighted by Gasteiger charge is -2.37. The summed E-state index contributed by atoms with van der Waals surface area (Å²) in [5, 5.41) is 3.52. The molecule has 1 aliphatic carbocycles. The molecule has 29 heavy (non-hydrogen) atoms. The van der Waals surface area contributed by atoms with Crippen molar-refractivity contribution in [2.24, 2.45) is 0 Å². The van der Waals surface area contributed by atoms with Crippen LogP contribution in [-0.4, -0.2) is 42.2 Å². The van der Waals surface area contributed by atoms with Crippen LogP contribution in [0.3, 0.4) is 0 Å². The molecule has 2 fully saturated rings. The van der Waals surface area contributed by atoms with Gasteiger partial charge in [-0.05, 0) is 37.1 Å². The number of aromatic nitrogens is 2. The van der Waals surface area contributed by atoms with E-state index < -0.39 is 0 Å². The van der Waals surface area contributed by atoms with E-state index >= 15 is 0 Å². The van der Waals surface area contributed by atoms with Crippen molar-refractivity contribution in [2.45, 2.75) is 18.9 Å². The Morgan fingerprint density at radius 2 is 1.52 bits per heavy atom. The Bertz CT molecular complexity index is 964. The minimum absolute atomic E-state index is 0.197. The van der Waals surface area contributed by atoms with Crippen LogP contribution >= 0.6 is 0 Å². The maximum absolute atomic E-state index is 13.2. The first kappa shape index (κ1) is 17.9. The van der Waals surface area contributed by atoms with Gasteiger partial charge in [0.25, 0.3) is 0 Å². The smallest absolute Gasteiger partial charge is 0.163 e. The van der Waals surface area contributed by atoms with Gasteiger partial charge in [0.05, 0.1) is 0 Å². The number of piperazine rings is 1. The van der Waals surface area contributed by atoms with Gasteiger partial charge < -0.3 is 15.1 Å². The highest BCUT2D eigenvalue weighted by atomic mass is 19.1. The molecule has 1 N–H and O–H groups in total. The monoisotopic (exact) mass is 389 g/mol. The zero-order chi connectivity index (χ0) is 19.6. The summed E-state index contributed by atoms with van der Waals surface area (Å²) >= 11 is 0. The van der Waals surface area contributed by atoms with Gasteiger partial charge in [0.15, 0.2) is 5.82 Å². The molecule has 0 amide bonds. The van der Waals surface area contributed by atoms with Crippen LogP contribution in [-0.2, 0) is 0 Å². The van der Waals surface area contributed by atoms with Crippen molar-refractivity contribution in [3.8, 4) is 11.4 Å². The van der Waals surface area contributed by atoms with Crippen LogP contribution in [0.25, 0.3) is 11.4 Å². The van der Waals surface area contributed by atoms with Crippen LogP contribution in [0.2, 0.25) is 0 Å². The minimum atomic E-state index is -0.197. The highest BCUT2D eigenvalue weighted by Crippen LogP contribution is 2.28. The molecule has 5 nitrogen and oxygen atoms in total. The third-order valence-electron chi connectivity index (χ3n) is 5.47. The van der Waals surface area contributed by atoms with Gasteiger partial charge in [-0.2, -0.15) is 0 Å². The van der Waals surface area contributed by atoms with E-state index in [-0.39, 0.29) is 5.82 Å². The molecule has 6 heteroatoms. The van der Waals surface area contributed by atoms with E-state index in [1.807, 2.05) is 42.5 Å². The number of hydrogen-bond acceptors (Lipinski definition) is 5. The number of nitrogens with one attached hydrogen (secondary N) is 1. The van der Waals surface area contributed by atoms with Crippen LogP contribution in [0.5, 0.6) is 0 Å². The van der Waals surface area contributed by atoms with E-state index in [1.165, 1.54) is 25.0 Å². The quantitative estimate of drug-likeness (QED) is 0.709. The van der Waals surface area contributed by atoms with Crippen LogP contribution < -0.4 is 15.1 Å². The molecular weight excluding hydrogens is 365 g/mol. The topological polar surface area (TPSA) is 44.3 Å². The molecule has 1 saturated heterocycles. The summed E-state index contributed by atoms with van der Waals surface area (Å²) in [6, 6.07) is 19.5. The molecular formula is C23H24FN5. The molecule has 1 saturated carbocycles. The van der Waals surface area contributed by atoms with Crippen molar-refractivity contribution in [1.29, 1.82) is 0 Å². The fourth-order valence-electron chi connectivity index (χ4n) is 3.67. The first-order valence-electron chi connectivity index (χ1n) is 10.2. The maximum atomic E-state index is 13.2. The fraction of sp³-hybridized carbons (Fsp3) is 0.304. The molecule has 1 aromatic heterocycles. The van der Waals surface area contributed by atoms with Gasteiger partial charge in [-0.15, -0.1) is 0 Å². The summed E-state index contributed by atoms with van der Waals surface area (Å²) in [7, 11) is 0. The number of hydrogen-bond donors (Lipinski definition) is 1. The summed E-state index contributed by atoms with van der Waals surface area (Å²) in [5.74, 6) is 2.42. The van der Waals surface area contributed by atoms with Crippen molar-refractivity contribution in [1.82, 2.24) is 9.97 Å². The molecule has 148 valence electrons. The Morgan fingerprint density at radius 3 is 2.21 bits per heavy atom. The van der Waals surface area contributed by atoms with Gasteiger partial charge in [-0.3, -0.25) is 0 Å². The van der Waals surface area contributed by atoms with Gasteiger partial charge in [-0.25, -0.2) is 14.4 Å². The second-order valence-corrected chi connectivity index (χ2v) is 7.67.